The molecule has 1 aromatic heterocycles. The number of aromatic nitrogens is 1. The molecule has 1 saturated carbocycles. The van der Waals surface area contributed by atoms with Gasteiger partial charge in [0.2, 0.25) is 0 Å². The monoisotopic (exact) mass is 325 g/mol. The molecule has 2 rings (SSSR count). The summed E-state index contributed by atoms with van der Waals surface area (Å²) in [5.74, 6) is -0.182. The highest BCUT2D eigenvalue weighted by Crippen LogP contribution is 2.45. The summed E-state index contributed by atoms with van der Waals surface area (Å²) in [5.41, 5.74) is 0.722. The number of carbonyl (C=O) groups excluding carboxylic acids is 1. The van der Waals surface area contributed by atoms with E-state index in [2.05, 4.69) is 32.7 Å². The third kappa shape index (κ3) is 4.07. The van der Waals surface area contributed by atoms with E-state index in [4.69, 9.17) is 9.47 Å². The summed E-state index contributed by atoms with van der Waals surface area (Å²) in [6, 6.07) is 0. The van der Waals surface area contributed by atoms with Gasteiger partial charge in [-0.05, 0) is 12.8 Å². The number of nitrogens with zero attached hydrogens (tertiary/aromatic N) is 1. The number of thiazole rings is 1. The summed E-state index contributed by atoms with van der Waals surface area (Å²) in [5, 5.41) is 3.01. The van der Waals surface area contributed by atoms with Crippen molar-refractivity contribution in [1.29, 1.82) is 0 Å². The molecule has 0 spiro atoms. The van der Waals surface area contributed by atoms with Gasteiger partial charge in [0.25, 0.3) is 0 Å². The minimum Gasteiger partial charge on any atom is -0.461 e. The summed E-state index contributed by atoms with van der Waals surface area (Å²) < 4.78 is 11.5. The van der Waals surface area contributed by atoms with Crippen molar-refractivity contribution >= 4 is 17.3 Å². The van der Waals surface area contributed by atoms with Gasteiger partial charge in [-0.25, -0.2) is 4.98 Å². The molecule has 0 aromatic carbocycles. The van der Waals surface area contributed by atoms with Crippen LogP contribution in [0.15, 0.2) is 5.38 Å². The van der Waals surface area contributed by atoms with Crippen LogP contribution in [0.25, 0.3) is 0 Å². The first-order chi connectivity index (χ1) is 10.5. The number of unbranched alkanes of at least 4 members (excludes halogenated alkanes) is 1. The second kappa shape index (κ2) is 7.55. The van der Waals surface area contributed by atoms with Gasteiger partial charge in [-0.1, -0.05) is 34.1 Å². The number of aryl methyl sites for hydroxylation is 1. The molecular formula is C17H27NO3S. The molecule has 0 unspecified atom stereocenters. The van der Waals surface area contributed by atoms with Gasteiger partial charge >= 0.3 is 5.97 Å². The smallest absolute Gasteiger partial charge is 0.312 e. The maximum atomic E-state index is 12.1. The van der Waals surface area contributed by atoms with Crippen molar-refractivity contribution in [2.24, 2.45) is 5.41 Å². The highest BCUT2D eigenvalue weighted by Gasteiger charge is 2.51. The number of rotatable bonds is 8. The lowest BCUT2D eigenvalue weighted by atomic mass is 9.66. The third-order valence-corrected chi connectivity index (χ3v) is 5.45. The van der Waals surface area contributed by atoms with Crippen molar-refractivity contribution in [2.75, 3.05) is 6.61 Å². The average molecular weight is 325 g/mol. The summed E-state index contributed by atoms with van der Waals surface area (Å²) in [7, 11) is 0. The lowest BCUT2D eigenvalue weighted by Gasteiger charge is -2.50. The van der Waals surface area contributed by atoms with Gasteiger partial charge in [0.15, 0.2) is 0 Å². The molecule has 0 bridgehead atoms. The third-order valence-electron chi connectivity index (χ3n) is 4.41. The van der Waals surface area contributed by atoms with Crippen LogP contribution < -0.4 is 0 Å². The lowest BCUT2D eigenvalue weighted by molar-refractivity contribution is -0.202. The van der Waals surface area contributed by atoms with Crippen LogP contribution >= 0.6 is 11.3 Å². The predicted octanol–water partition coefficient (Wildman–Crippen LogP) is 3.78. The zero-order valence-corrected chi connectivity index (χ0v) is 14.9. The van der Waals surface area contributed by atoms with Gasteiger partial charge in [-0.3, -0.25) is 4.79 Å². The van der Waals surface area contributed by atoms with E-state index in [0.29, 0.717) is 0 Å². The number of carbonyl (C=O) groups is 1. The molecule has 1 fully saturated rings. The molecule has 4 nitrogen and oxygen atoms in total. The van der Waals surface area contributed by atoms with Crippen LogP contribution in [0.3, 0.4) is 0 Å². The second-order valence-electron chi connectivity index (χ2n) is 6.51. The minimum atomic E-state index is -0.182. The quantitative estimate of drug-likeness (QED) is 0.539. The second-order valence-corrected chi connectivity index (χ2v) is 7.45. The van der Waals surface area contributed by atoms with Gasteiger partial charge in [0.05, 0.1) is 23.2 Å². The molecule has 1 aliphatic carbocycles. The average Bonchev–Trinajstić information content (AvgIpc) is 2.93. The highest BCUT2D eigenvalue weighted by atomic mass is 32.1. The lowest BCUT2D eigenvalue weighted by Crippen LogP contribution is -2.56. The predicted molar refractivity (Wildman–Crippen MR) is 88.1 cm³/mol. The Balaban J connectivity index is 1.78. The van der Waals surface area contributed by atoms with E-state index >= 15 is 0 Å². The molecule has 0 N–H and O–H groups in total. The number of hydrogen-bond acceptors (Lipinski definition) is 5. The largest absolute Gasteiger partial charge is 0.461 e. The number of hydrogen-bond donors (Lipinski definition) is 0. The first kappa shape index (κ1) is 17.4. The van der Waals surface area contributed by atoms with E-state index < -0.39 is 0 Å². The fourth-order valence-corrected chi connectivity index (χ4v) is 3.39. The zero-order valence-electron chi connectivity index (χ0n) is 14.1. The van der Waals surface area contributed by atoms with Crippen molar-refractivity contribution in [1.82, 2.24) is 4.98 Å². The van der Waals surface area contributed by atoms with E-state index in [1.54, 1.807) is 11.3 Å². The van der Waals surface area contributed by atoms with E-state index in [1.807, 2.05) is 5.38 Å². The Morgan fingerprint density at radius 3 is 2.77 bits per heavy atom. The van der Waals surface area contributed by atoms with Gasteiger partial charge in [-0.15, -0.1) is 11.3 Å². The number of esters is 1. The fourth-order valence-electron chi connectivity index (χ4n) is 2.64. The first-order valence-electron chi connectivity index (χ1n) is 8.21. The van der Waals surface area contributed by atoms with Crippen LogP contribution in [0.5, 0.6) is 0 Å². The van der Waals surface area contributed by atoms with Crippen LogP contribution in [0.2, 0.25) is 0 Å². The molecule has 0 aliphatic heterocycles. The molecule has 1 aromatic rings. The van der Waals surface area contributed by atoms with E-state index in [9.17, 15) is 4.79 Å². The molecule has 22 heavy (non-hydrogen) atoms. The Kier molecular flexibility index (Phi) is 5.98. The Morgan fingerprint density at radius 1 is 1.41 bits per heavy atom. The topological polar surface area (TPSA) is 48.4 Å². The van der Waals surface area contributed by atoms with Crippen molar-refractivity contribution in [3.8, 4) is 0 Å². The van der Waals surface area contributed by atoms with Crippen LogP contribution in [0.4, 0.5) is 0 Å². The summed E-state index contributed by atoms with van der Waals surface area (Å²) in [6.45, 7) is 9.24. The normalized spacial score (nSPS) is 23.1. The molecule has 124 valence electrons. The Hall–Kier alpha value is -0.940. The van der Waals surface area contributed by atoms with Gasteiger partial charge < -0.3 is 9.47 Å². The summed E-state index contributed by atoms with van der Waals surface area (Å²) >= 11 is 1.60. The molecule has 1 aliphatic rings. The molecule has 0 radical (unpaired) electrons. The molecule has 0 saturated heterocycles. The molecule has 5 heteroatoms. The van der Waals surface area contributed by atoms with Crippen molar-refractivity contribution < 1.29 is 14.3 Å². The van der Waals surface area contributed by atoms with Crippen LogP contribution in [-0.2, 0) is 27.1 Å². The first-order valence-corrected chi connectivity index (χ1v) is 9.09. The van der Waals surface area contributed by atoms with E-state index in [-0.39, 0.29) is 30.0 Å². The van der Waals surface area contributed by atoms with Crippen LogP contribution in [0.1, 0.15) is 57.7 Å². The fraction of sp³-hybridized carbons (Fsp3) is 0.765. The van der Waals surface area contributed by atoms with Gasteiger partial charge in [0, 0.05) is 23.8 Å². The highest BCUT2D eigenvalue weighted by molar-refractivity contribution is 7.09. The Labute approximate surface area is 137 Å². The van der Waals surface area contributed by atoms with E-state index in [1.165, 1.54) is 0 Å². The molecular weight excluding hydrogens is 298 g/mol. The standard InChI is InChI=1S/C17H27NO3S/c1-5-7-8-20-13-10-14(17(13,3)4)21-16(19)9-12-11-22-15(6-2)18-12/h11,13-14H,5-10H2,1-4H3/t13-,14-/m0/s1. The summed E-state index contributed by atoms with van der Waals surface area (Å²) in [4.78, 5) is 16.5. The van der Waals surface area contributed by atoms with Crippen LogP contribution in [0, 0.1) is 5.41 Å². The zero-order chi connectivity index (χ0) is 16.2. The SMILES string of the molecule is CCCCO[C@H]1C[C@H](OC(=O)Cc2csc(CC)n2)C1(C)C. The Bertz CT molecular complexity index is 498. The minimum absolute atomic E-state index is 0.0455. The Morgan fingerprint density at radius 2 is 2.18 bits per heavy atom. The van der Waals surface area contributed by atoms with Crippen molar-refractivity contribution in [2.45, 2.75) is 72.0 Å². The van der Waals surface area contributed by atoms with Gasteiger partial charge in [0.1, 0.15) is 6.10 Å². The maximum absolute atomic E-state index is 12.1. The number of ether oxygens (including phenoxy) is 2. The van der Waals surface area contributed by atoms with Gasteiger partial charge in [-0.2, -0.15) is 0 Å². The van der Waals surface area contributed by atoms with Crippen LogP contribution in [-0.4, -0.2) is 29.8 Å². The van der Waals surface area contributed by atoms with Crippen molar-refractivity contribution in [3.63, 3.8) is 0 Å². The summed E-state index contributed by atoms with van der Waals surface area (Å²) in [6.07, 6.45) is 4.36. The maximum Gasteiger partial charge on any atom is 0.312 e. The molecule has 1 heterocycles. The molecule has 0 amide bonds. The van der Waals surface area contributed by atoms with Crippen molar-refractivity contribution in [3.05, 3.63) is 16.1 Å². The van der Waals surface area contributed by atoms with E-state index in [0.717, 1.165) is 43.0 Å². The molecule has 2 atom stereocenters.